The number of hydrogen-bond acceptors (Lipinski definition) is 2. The first-order valence-corrected chi connectivity index (χ1v) is 8.57. The Bertz CT molecular complexity index is 542. The molecular formula is C18H25FN2O3. The monoisotopic (exact) mass is 336 g/mol. The van der Waals surface area contributed by atoms with Gasteiger partial charge >= 0.3 is 12.0 Å². The normalized spacial score (nSPS) is 14.5. The molecule has 1 fully saturated rings. The van der Waals surface area contributed by atoms with Gasteiger partial charge in [-0.15, -0.1) is 0 Å². The van der Waals surface area contributed by atoms with Crippen molar-refractivity contribution >= 4 is 12.0 Å². The Morgan fingerprint density at radius 1 is 1.21 bits per heavy atom. The average molecular weight is 336 g/mol. The number of amides is 2. The molecule has 2 amide bonds. The fourth-order valence-corrected chi connectivity index (χ4v) is 3.10. The van der Waals surface area contributed by atoms with Gasteiger partial charge in [-0.05, 0) is 43.4 Å². The number of rotatable bonds is 8. The van der Waals surface area contributed by atoms with Gasteiger partial charge in [0.15, 0.2) is 0 Å². The van der Waals surface area contributed by atoms with Crippen LogP contribution < -0.4 is 5.32 Å². The molecule has 5 nitrogen and oxygen atoms in total. The predicted octanol–water partition coefficient (Wildman–Crippen LogP) is 3.19. The molecular weight excluding hydrogens is 311 g/mol. The van der Waals surface area contributed by atoms with Gasteiger partial charge in [0, 0.05) is 25.6 Å². The molecule has 0 bridgehead atoms. The average Bonchev–Trinajstić information content (AvgIpc) is 3.07. The topological polar surface area (TPSA) is 69.6 Å². The third-order valence-electron chi connectivity index (χ3n) is 4.42. The third kappa shape index (κ3) is 5.83. The first kappa shape index (κ1) is 18.2. The van der Waals surface area contributed by atoms with Crippen LogP contribution in [0, 0.1) is 5.82 Å². The lowest BCUT2D eigenvalue weighted by Gasteiger charge is -2.29. The highest BCUT2D eigenvalue weighted by Gasteiger charge is 2.26. The second-order valence-corrected chi connectivity index (χ2v) is 6.24. The maximum atomic E-state index is 13.0. The molecule has 6 heteroatoms. The van der Waals surface area contributed by atoms with Gasteiger partial charge in [0.1, 0.15) is 5.82 Å². The zero-order chi connectivity index (χ0) is 17.4. The molecule has 0 saturated heterocycles. The highest BCUT2D eigenvalue weighted by Crippen LogP contribution is 2.24. The summed E-state index contributed by atoms with van der Waals surface area (Å²) in [6, 6.07) is 6.46. The second-order valence-electron chi connectivity index (χ2n) is 6.24. The number of carboxylic acids is 1. The fourth-order valence-electron chi connectivity index (χ4n) is 3.10. The molecule has 0 radical (unpaired) electrons. The van der Waals surface area contributed by atoms with Crippen LogP contribution in [0.1, 0.15) is 44.1 Å². The van der Waals surface area contributed by atoms with Crippen molar-refractivity contribution in [2.45, 2.75) is 51.0 Å². The summed E-state index contributed by atoms with van der Waals surface area (Å²) >= 11 is 0. The number of carboxylic acid groups (broad SMARTS) is 1. The van der Waals surface area contributed by atoms with E-state index in [9.17, 15) is 14.0 Å². The summed E-state index contributed by atoms with van der Waals surface area (Å²) in [5, 5.41) is 11.5. The molecule has 0 heterocycles. The van der Waals surface area contributed by atoms with Crippen LogP contribution >= 0.6 is 0 Å². The lowest BCUT2D eigenvalue weighted by molar-refractivity contribution is -0.137. The molecule has 0 aliphatic heterocycles. The highest BCUT2D eigenvalue weighted by atomic mass is 19.1. The van der Waals surface area contributed by atoms with Crippen LogP contribution in [0.2, 0.25) is 0 Å². The Labute approximate surface area is 141 Å². The Hall–Kier alpha value is -2.11. The van der Waals surface area contributed by atoms with Crippen LogP contribution in [0.25, 0.3) is 0 Å². The van der Waals surface area contributed by atoms with Gasteiger partial charge in [-0.25, -0.2) is 9.18 Å². The van der Waals surface area contributed by atoms with Crippen molar-refractivity contribution in [3.05, 3.63) is 35.6 Å². The van der Waals surface area contributed by atoms with E-state index in [1.807, 2.05) is 4.90 Å². The van der Waals surface area contributed by atoms with E-state index in [-0.39, 0.29) is 24.3 Å². The van der Waals surface area contributed by atoms with Crippen LogP contribution in [0.5, 0.6) is 0 Å². The lowest BCUT2D eigenvalue weighted by atomic mass is 10.1. The van der Waals surface area contributed by atoms with Crippen LogP contribution in [-0.4, -0.2) is 41.1 Å². The van der Waals surface area contributed by atoms with Gasteiger partial charge in [-0.2, -0.15) is 0 Å². The van der Waals surface area contributed by atoms with Crippen LogP contribution in [0.4, 0.5) is 9.18 Å². The number of nitrogens with zero attached hydrogens (tertiary/aromatic N) is 1. The summed E-state index contributed by atoms with van der Waals surface area (Å²) in [5.74, 6) is -1.12. The van der Waals surface area contributed by atoms with E-state index in [0.29, 0.717) is 25.9 Å². The SMILES string of the molecule is O=C(O)CCCNC(=O)N(CCc1ccc(F)cc1)C1CCCC1. The zero-order valence-corrected chi connectivity index (χ0v) is 13.8. The van der Waals surface area contributed by atoms with E-state index in [4.69, 9.17) is 5.11 Å². The van der Waals surface area contributed by atoms with E-state index in [0.717, 1.165) is 31.2 Å². The van der Waals surface area contributed by atoms with Gasteiger partial charge < -0.3 is 15.3 Å². The molecule has 0 atom stereocenters. The Kier molecular flexibility index (Phi) is 7.03. The van der Waals surface area contributed by atoms with Gasteiger partial charge in [-0.3, -0.25) is 4.79 Å². The molecule has 1 aliphatic rings. The lowest BCUT2D eigenvalue weighted by Crippen LogP contribution is -2.46. The maximum Gasteiger partial charge on any atom is 0.317 e. The minimum Gasteiger partial charge on any atom is -0.481 e. The molecule has 1 aromatic carbocycles. The summed E-state index contributed by atoms with van der Waals surface area (Å²) in [7, 11) is 0. The van der Waals surface area contributed by atoms with Crippen molar-refractivity contribution < 1.29 is 19.1 Å². The van der Waals surface area contributed by atoms with Crippen molar-refractivity contribution in [1.29, 1.82) is 0 Å². The predicted molar refractivity (Wildman–Crippen MR) is 89.3 cm³/mol. The number of halogens is 1. The number of benzene rings is 1. The van der Waals surface area contributed by atoms with Crippen molar-refractivity contribution in [1.82, 2.24) is 10.2 Å². The molecule has 1 saturated carbocycles. The first-order chi connectivity index (χ1) is 11.6. The van der Waals surface area contributed by atoms with Crippen LogP contribution in [0.15, 0.2) is 24.3 Å². The van der Waals surface area contributed by atoms with Crippen LogP contribution in [-0.2, 0) is 11.2 Å². The summed E-state index contributed by atoms with van der Waals surface area (Å²) in [6.07, 6.45) is 5.43. The molecule has 132 valence electrons. The summed E-state index contributed by atoms with van der Waals surface area (Å²) in [4.78, 5) is 24.8. The largest absolute Gasteiger partial charge is 0.481 e. The van der Waals surface area contributed by atoms with Crippen molar-refractivity contribution in [2.24, 2.45) is 0 Å². The first-order valence-electron chi connectivity index (χ1n) is 8.57. The quantitative estimate of drug-likeness (QED) is 0.716. The molecule has 24 heavy (non-hydrogen) atoms. The summed E-state index contributed by atoms with van der Waals surface area (Å²) in [5.41, 5.74) is 0.998. The maximum absolute atomic E-state index is 13.0. The molecule has 0 aromatic heterocycles. The number of nitrogens with one attached hydrogen (secondary N) is 1. The molecule has 0 unspecified atom stereocenters. The van der Waals surface area contributed by atoms with Gasteiger partial charge in [0.05, 0.1) is 0 Å². The van der Waals surface area contributed by atoms with Gasteiger partial charge in [0.25, 0.3) is 0 Å². The number of carbonyl (C=O) groups excluding carboxylic acids is 1. The number of carbonyl (C=O) groups is 2. The summed E-state index contributed by atoms with van der Waals surface area (Å²) in [6.45, 7) is 0.950. The summed E-state index contributed by atoms with van der Waals surface area (Å²) < 4.78 is 13.0. The number of hydrogen-bond donors (Lipinski definition) is 2. The molecule has 0 spiro atoms. The number of aliphatic carboxylic acids is 1. The smallest absolute Gasteiger partial charge is 0.317 e. The Morgan fingerprint density at radius 3 is 2.50 bits per heavy atom. The Balaban J connectivity index is 1.87. The molecule has 2 N–H and O–H groups in total. The molecule has 2 rings (SSSR count). The second kappa shape index (κ2) is 9.25. The van der Waals surface area contributed by atoms with Crippen LogP contribution in [0.3, 0.4) is 0 Å². The van der Waals surface area contributed by atoms with E-state index in [2.05, 4.69) is 5.32 Å². The highest BCUT2D eigenvalue weighted by molar-refractivity contribution is 5.74. The van der Waals surface area contributed by atoms with Gasteiger partial charge in [-0.1, -0.05) is 25.0 Å². The standard InChI is InChI=1S/C18H25FN2O3/c19-15-9-7-14(8-10-15)11-13-21(16-4-1-2-5-16)18(24)20-12-3-6-17(22)23/h7-10,16H,1-6,11-13H2,(H,20,24)(H,22,23). The fraction of sp³-hybridized carbons (Fsp3) is 0.556. The van der Waals surface area contributed by atoms with Crippen molar-refractivity contribution in [3.8, 4) is 0 Å². The van der Waals surface area contributed by atoms with Crippen molar-refractivity contribution in [3.63, 3.8) is 0 Å². The Morgan fingerprint density at radius 2 is 1.88 bits per heavy atom. The van der Waals surface area contributed by atoms with Crippen molar-refractivity contribution in [2.75, 3.05) is 13.1 Å². The molecule has 1 aliphatic carbocycles. The molecule has 1 aromatic rings. The number of urea groups is 1. The van der Waals surface area contributed by atoms with E-state index in [1.54, 1.807) is 12.1 Å². The minimum atomic E-state index is -0.854. The minimum absolute atomic E-state index is 0.0548. The van der Waals surface area contributed by atoms with E-state index >= 15 is 0 Å². The van der Waals surface area contributed by atoms with E-state index < -0.39 is 5.97 Å². The van der Waals surface area contributed by atoms with E-state index in [1.165, 1.54) is 12.1 Å². The van der Waals surface area contributed by atoms with Gasteiger partial charge in [0.2, 0.25) is 0 Å². The zero-order valence-electron chi connectivity index (χ0n) is 13.8. The third-order valence-corrected chi connectivity index (χ3v) is 4.42.